The van der Waals surface area contributed by atoms with Gasteiger partial charge in [0.25, 0.3) is 15.9 Å². The van der Waals surface area contributed by atoms with E-state index in [2.05, 4.69) is 17.0 Å². The SMILES string of the molecule is CCCCc1ccc(NC(=O)COc2ccc(S(=O)(=O)Nc3ccc(F)cc3)cc2Cl)cc1. The Morgan fingerprint density at radius 1 is 1.00 bits per heavy atom. The van der Waals surface area contributed by atoms with E-state index in [-0.39, 0.29) is 33.9 Å². The van der Waals surface area contributed by atoms with Crippen LogP contribution in [0.4, 0.5) is 15.8 Å². The molecular formula is C24H24ClFN2O4S. The zero-order chi connectivity index (χ0) is 23.8. The fraction of sp³-hybridized carbons (Fsp3) is 0.208. The Labute approximate surface area is 197 Å². The van der Waals surface area contributed by atoms with Crippen molar-refractivity contribution in [3.05, 3.63) is 83.1 Å². The maximum atomic E-state index is 13.0. The van der Waals surface area contributed by atoms with E-state index in [0.29, 0.717) is 5.69 Å². The summed E-state index contributed by atoms with van der Waals surface area (Å²) in [7, 11) is -3.94. The summed E-state index contributed by atoms with van der Waals surface area (Å²) in [4.78, 5) is 12.1. The first-order chi connectivity index (χ1) is 15.8. The van der Waals surface area contributed by atoms with E-state index < -0.39 is 15.8 Å². The van der Waals surface area contributed by atoms with Crippen LogP contribution in [0.25, 0.3) is 0 Å². The first-order valence-corrected chi connectivity index (χ1v) is 12.2. The van der Waals surface area contributed by atoms with Crippen molar-refractivity contribution < 1.29 is 22.3 Å². The summed E-state index contributed by atoms with van der Waals surface area (Å²) < 4.78 is 45.9. The third-order valence-corrected chi connectivity index (χ3v) is 6.40. The number of ether oxygens (including phenoxy) is 1. The number of nitrogens with one attached hydrogen (secondary N) is 2. The van der Waals surface area contributed by atoms with E-state index in [1.807, 2.05) is 24.3 Å². The van der Waals surface area contributed by atoms with Crippen molar-refractivity contribution in [1.29, 1.82) is 0 Å². The molecule has 6 nitrogen and oxygen atoms in total. The quantitative estimate of drug-likeness (QED) is 0.385. The lowest BCUT2D eigenvalue weighted by atomic mass is 10.1. The first-order valence-electron chi connectivity index (χ1n) is 10.4. The summed E-state index contributed by atoms with van der Waals surface area (Å²) in [5.41, 5.74) is 2.08. The molecule has 0 atom stereocenters. The number of carbonyl (C=O) groups excluding carboxylic acids is 1. The molecule has 3 aromatic carbocycles. The molecule has 9 heteroatoms. The maximum absolute atomic E-state index is 13.0. The van der Waals surface area contributed by atoms with Crippen LogP contribution in [0.1, 0.15) is 25.3 Å². The van der Waals surface area contributed by atoms with Gasteiger partial charge in [-0.3, -0.25) is 9.52 Å². The fourth-order valence-corrected chi connectivity index (χ4v) is 4.36. The molecule has 174 valence electrons. The Hall–Kier alpha value is -3.10. The zero-order valence-corrected chi connectivity index (χ0v) is 19.5. The van der Waals surface area contributed by atoms with E-state index in [9.17, 15) is 17.6 Å². The van der Waals surface area contributed by atoms with Crippen molar-refractivity contribution in [1.82, 2.24) is 0 Å². The number of halogens is 2. The van der Waals surface area contributed by atoms with Crippen LogP contribution in [0.3, 0.4) is 0 Å². The van der Waals surface area contributed by atoms with Gasteiger partial charge in [-0.05, 0) is 73.0 Å². The summed E-state index contributed by atoms with van der Waals surface area (Å²) in [5.74, 6) is -0.681. The normalized spacial score (nSPS) is 11.1. The molecule has 0 heterocycles. The van der Waals surface area contributed by atoms with E-state index in [4.69, 9.17) is 16.3 Å². The van der Waals surface area contributed by atoms with Crippen molar-refractivity contribution in [2.45, 2.75) is 31.1 Å². The highest BCUT2D eigenvalue weighted by Gasteiger charge is 2.17. The highest BCUT2D eigenvalue weighted by Crippen LogP contribution is 2.28. The monoisotopic (exact) mass is 490 g/mol. The van der Waals surface area contributed by atoms with Crippen molar-refractivity contribution >= 4 is 38.9 Å². The second-order valence-corrected chi connectivity index (χ2v) is 9.43. The molecule has 0 aliphatic carbocycles. The minimum atomic E-state index is -3.94. The third-order valence-electron chi connectivity index (χ3n) is 4.73. The summed E-state index contributed by atoms with van der Waals surface area (Å²) in [6.07, 6.45) is 3.23. The van der Waals surface area contributed by atoms with E-state index >= 15 is 0 Å². The minimum Gasteiger partial charge on any atom is -0.482 e. The number of carbonyl (C=O) groups is 1. The van der Waals surface area contributed by atoms with E-state index in [1.165, 1.54) is 35.9 Å². The molecule has 1 amide bonds. The number of aryl methyl sites for hydroxylation is 1. The number of anilines is 2. The summed E-state index contributed by atoms with van der Waals surface area (Å²) in [6, 6.07) is 16.4. The van der Waals surface area contributed by atoms with Crippen LogP contribution in [0.5, 0.6) is 5.75 Å². The van der Waals surface area contributed by atoms with Crippen LogP contribution >= 0.6 is 11.6 Å². The number of hydrogen-bond donors (Lipinski definition) is 2. The van der Waals surface area contributed by atoms with E-state index in [0.717, 1.165) is 31.4 Å². The van der Waals surface area contributed by atoms with Gasteiger partial charge in [0.2, 0.25) is 0 Å². The average molecular weight is 491 g/mol. The maximum Gasteiger partial charge on any atom is 0.262 e. The molecule has 0 aliphatic heterocycles. The molecule has 0 spiro atoms. The minimum absolute atomic E-state index is 0.0325. The summed E-state index contributed by atoms with van der Waals surface area (Å²) in [5, 5.41) is 2.77. The largest absolute Gasteiger partial charge is 0.482 e. The van der Waals surface area contributed by atoms with Crippen LogP contribution in [-0.2, 0) is 21.2 Å². The lowest BCUT2D eigenvalue weighted by Gasteiger charge is -2.12. The van der Waals surface area contributed by atoms with Gasteiger partial charge in [-0.1, -0.05) is 37.1 Å². The Kier molecular flexibility index (Phi) is 8.30. The third kappa shape index (κ3) is 7.20. The van der Waals surface area contributed by atoms with Crippen molar-refractivity contribution in [2.75, 3.05) is 16.6 Å². The van der Waals surface area contributed by atoms with Crippen LogP contribution < -0.4 is 14.8 Å². The number of benzene rings is 3. The average Bonchev–Trinajstić information content (AvgIpc) is 2.79. The van der Waals surface area contributed by atoms with Gasteiger partial charge in [-0.2, -0.15) is 0 Å². The molecular weight excluding hydrogens is 467 g/mol. The second kappa shape index (κ2) is 11.2. The molecule has 33 heavy (non-hydrogen) atoms. The zero-order valence-electron chi connectivity index (χ0n) is 18.0. The van der Waals surface area contributed by atoms with Crippen LogP contribution in [0, 0.1) is 5.82 Å². The highest BCUT2D eigenvalue weighted by atomic mass is 35.5. The molecule has 0 unspecified atom stereocenters. The molecule has 0 aliphatic rings. The molecule has 2 N–H and O–H groups in total. The number of rotatable bonds is 10. The number of hydrogen-bond acceptors (Lipinski definition) is 4. The van der Waals surface area contributed by atoms with Crippen LogP contribution in [0.2, 0.25) is 5.02 Å². The predicted octanol–water partition coefficient (Wildman–Crippen LogP) is 5.64. The number of unbranched alkanes of at least 4 members (excludes halogenated alkanes) is 1. The van der Waals surface area contributed by atoms with Crippen molar-refractivity contribution in [3.8, 4) is 5.75 Å². The molecule has 0 fully saturated rings. The number of amides is 1. The van der Waals surface area contributed by atoms with Gasteiger partial charge in [0.05, 0.1) is 9.92 Å². The molecule has 0 aromatic heterocycles. The Bertz CT molecular complexity index is 1200. The fourth-order valence-electron chi connectivity index (χ4n) is 2.97. The van der Waals surface area contributed by atoms with Gasteiger partial charge in [0, 0.05) is 11.4 Å². The Morgan fingerprint density at radius 2 is 1.67 bits per heavy atom. The Balaban J connectivity index is 1.57. The van der Waals surface area contributed by atoms with Gasteiger partial charge >= 0.3 is 0 Å². The van der Waals surface area contributed by atoms with Gasteiger partial charge in [-0.25, -0.2) is 12.8 Å². The van der Waals surface area contributed by atoms with Crippen LogP contribution in [0.15, 0.2) is 71.6 Å². The standard InChI is InChI=1S/C24H24ClFN2O4S/c1-2-3-4-17-5-9-19(10-6-17)27-24(29)16-32-23-14-13-21(15-22(23)25)33(30,31)28-20-11-7-18(26)8-12-20/h5-15,28H,2-4,16H2,1H3,(H,27,29). The smallest absolute Gasteiger partial charge is 0.262 e. The van der Waals surface area contributed by atoms with E-state index in [1.54, 1.807) is 0 Å². The van der Waals surface area contributed by atoms with Crippen LogP contribution in [-0.4, -0.2) is 20.9 Å². The molecule has 3 rings (SSSR count). The molecule has 0 saturated carbocycles. The molecule has 0 bridgehead atoms. The summed E-state index contributed by atoms with van der Waals surface area (Å²) in [6.45, 7) is 1.84. The topological polar surface area (TPSA) is 84.5 Å². The van der Waals surface area contributed by atoms with Gasteiger partial charge in [0.15, 0.2) is 6.61 Å². The first kappa shape index (κ1) is 24.5. The van der Waals surface area contributed by atoms with Gasteiger partial charge in [0.1, 0.15) is 11.6 Å². The lowest BCUT2D eigenvalue weighted by molar-refractivity contribution is -0.118. The van der Waals surface area contributed by atoms with Crippen molar-refractivity contribution in [3.63, 3.8) is 0 Å². The Morgan fingerprint density at radius 3 is 2.30 bits per heavy atom. The summed E-state index contributed by atoms with van der Waals surface area (Å²) >= 11 is 6.16. The van der Waals surface area contributed by atoms with Gasteiger partial charge < -0.3 is 10.1 Å². The predicted molar refractivity (Wildman–Crippen MR) is 128 cm³/mol. The van der Waals surface area contributed by atoms with Gasteiger partial charge in [-0.15, -0.1) is 0 Å². The lowest BCUT2D eigenvalue weighted by Crippen LogP contribution is -2.20. The second-order valence-electron chi connectivity index (χ2n) is 7.34. The number of sulfonamides is 1. The molecule has 3 aromatic rings. The highest BCUT2D eigenvalue weighted by molar-refractivity contribution is 7.92. The molecule has 0 saturated heterocycles. The van der Waals surface area contributed by atoms with Crippen molar-refractivity contribution in [2.24, 2.45) is 0 Å². The molecule has 0 radical (unpaired) electrons.